The minimum atomic E-state index is -0.258. The van der Waals surface area contributed by atoms with E-state index in [-0.39, 0.29) is 30.6 Å². The number of rotatable bonds is 3. The first-order valence-corrected chi connectivity index (χ1v) is 6.86. The van der Waals surface area contributed by atoms with E-state index in [9.17, 15) is 4.79 Å². The summed E-state index contributed by atoms with van der Waals surface area (Å²) in [5.74, 6) is 0. The number of carbonyl (C=O) groups is 1. The van der Waals surface area contributed by atoms with Crippen molar-refractivity contribution in [3.05, 3.63) is 30.3 Å². The number of nitrogens with one attached hydrogen (secondary N) is 1. The van der Waals surface area contributed by atoms with E-state index >= 15 is 0 Å². The first kappa shape index (κ1) is 16.6. The van der Waals surface area contributed by atoms with Crippen molar-refractivity contribution in [3.8, 4) is 0 Å². The number of benzene rings is 1. The van der Waals surface area contributed by atoms with Gasteiger partial charge in [-0.1, -0.05) is 24.6 Å². The lowest BCUT2D eigenvalue weighted by molar-refractivity contribution is 0.0491. The van der Waals surface area contributed by atoms with Crippen LogP contribution in [0.2, 0.25) is 0 Å². The van der Waals surface area contributed by atoms with E-state index < -0.39 is 0 Å². The Kier molecular flexibility index (Phi) is 6.65. The van der Waals surface area contributed by atoms with Crippen molar-refractivity contribution in [1.82, 2.24) is 4.90 Å². The standard InChI is InChI=1S/C15H22N2O2.ClH/c1-17(2)15(18)19-14-11-7-6-10-13(14)16-12-8-4-3-5-9-12;/h3-5,8-9,13-14,16H,6-7,10-11H2,1-2H3;1H/t13-,14+;/m0./s1. The Hall–Kier alpha value is -1.42. The third-order valence-corrected chi connectivity index (χ3v) is 3.45. The van der Waals surface area contributed by atoms with Gasteiger partial charge in [0.05, 0.1) is 6.04 Å². The van der Waals surface area contributed by atoms with E-state index in [2.05, 4.69) is 5.32 Å². The number of hydrogen-bond acceptors (Lipinski definition) is 3. The molecular weight excluding hydrogens is 276 g/mol. The van der Waals surface area contributed by atoms with Gasteiger partial charge in [-0.15, -0.1) is 12.4 Å². The molecule has 1 aliphatic rings. The molecule has 0 unspecified atom stereocenters. The maximum atomic E-state index is 11.7. The molecule has 2 atom stereocenters. The minimum absolute atomic E-state index is 0. The monoisotopic (exact) mass is 298 g/mol. The number of halogens is 1. The number of ether oxygens (including phenoxy) is 1. The zero-order chi connectivity index (χ0) is 13.7. The second-order valence-corrected chi connectivity index (χ2v) is 5.22. The molecule has 1 amide bonds. The summed E-state index contributed by atoms with van der Waals surface area (Å²) in [6.07, 6.45) is 3.99. The van der Waals surface area contributed by atoms with Crippen LogP contribution in [0.5, 0.6) is 0 Å². The highest BCUT2D eigenvalue weighted by Gasteiger charge is 2.28. The van der Waals surface area contributed by atoms with E-state index in [1.807, 2.05) is 30.3 Å². The smallest absolute Gasteiger partial charge is 0.409 e. The molecule has 0 radical (unpaired) electrons. The van der Waals surface area contributed by atoms with Gasteiger partial charge in [0.1, 0.15) is 6.10 Å². The lowest BCUT2D eigenvalue weighted by atomic mass is 9.92. The molecule has 1 aromatic rings. The van der Waals surface area contributed by atoms with E-state index in [1.54, 1.807) is 14.1 Å². The molecule has 5 heteroatoms. The lowest BCUT2D eigenvalue weighted by Crippen LogP contribution is -2.41. The molecule has 0 saturated heterocycles. The average molecular weight is 299 g/mol. The molecule has 4 nitrogen and oxygen atoms in total. The molecule has 0 spiro atoms. The SMILES string of the molecule is CN(C)C(=O)O[C@@H]1CCCC[C@@H]1Nc1ccccc1.Cl. The highest BCUT2D eigenvalue weighted by Crippen LogP contribution is 2.25. The zero-order valence-corrected chi connectivity index (χ0v) is 12.9. The average Bonchev–Trinajstić information content (AvgIpc) is 2.42. The number of para-hydroxylation sites is 1. The van der Waals surface area contributed by atoms with Crippen LogP contribution in [-0.4, -0.2) is 37.2 Å². The second-order valence-electron chi connectivity index (χ2n) is 5.22. The highest BCUT2D eigenvalue weighted by molar-refractivity contribution is 5.85. The molecule has 0 aromatic heterocycles. The van der Waals surface area contributed by atoms with E-state index in [1.165, 1.54) is 11.3 Å². The fourth-order valence-electron chi connectivity index (χ4n) is 2.39. The van der Waals surface area contributed by atoms with Gasteiger partial charge in [-0.3, -0.25) is 0 Å². The van der Waals surface area contributed by atoms with Crippen molar-refractivity contribution in [3.63, 3.8) is 0 Å². The van der Waals surface area contributed by atoms with Crippen molar-refractivity contribution in [1.29, 1.82) is 0 Å². The molecule has 0 bridgehead atoms. The number of nitrogens with zero attached hydrogens (tertiary/aromatic N) is 1. The quantitative estimate of drug-likeness (QED) is 0.928. The summed E-state index contributed by atoms with van der Waals surface area (Å²) in [7, 11) is 3.43. The second kappa shape index (κ2) is 8.00. The Labute approximate surface area is 126 Å². The molecule has 1 aromatic carbocycles. The van der Waals surface area contributed by atoms with Crippen molar-refractivity contribution in [2.75, 3.05) is 19.4 Å². The fourth-order valence-corrected chi connectivity index (χ4v) is 2.39. The zero-order valence-electron chi connectivity index (χ0n) is 12.0. The van der Waals surface area contributed by atoms with E-state index in [0.29, 0.717) is 0 Å². The van der Waals surface area contributed by atoms with Crippen LogP contribution in [0.25, 0.3) is 0 Å². The maximum Gasteiger partial charge on any atom is 0.409 e. The van der Waals surface area contributed by atoms with Crippen molar-refractivity contribution >= 4 is 24.2 Å². The third-order valence-electron chi connectivity index (χ3n) is 3.45. The van der Waals surface area contributed by atoms with Gasteiger partial charge in [0.15, 0.2) is 0 Å². The maximum absolute atomic E-state index is 11.7. The van der Waals surface area contributed by atoms with Crippen molar-refractivity contribution < 1.29 is 9.53 Å². The predicted molar refractivity (Wildman–Crippen MR) is 83.5 cm³/mol. The van der Waals surface area contributed by atoms with Crippen LogP contribution in [0.15, 0.2) is 30.3 Å². The van der Waals surface area contributed by atoms with Crippen molar-refractivity contribution in [2.24, 2.45) is 0 Å². The number of carbonyl (C=O) groups excluding carboxylic acids is 1. The molecule has 0 aliphatic heterocycles. The molecule has 0 heterocycles. The molecule has 1 N–H and O–H groups in total. The Balaban J connectivity index is 0.00000200. The van der Waals surface area contributed by atoms with Crippen LogP contribution < -0.4 is 5.32 Å². The Morgan fingerprint density at radius 3 is 2.50 bits per heavy atom. The molecule has 1 aliphatic carbocycles. The van der Waals surface area contributed by atoms with Crippen LogP contribution >= 0.6 is 12.4 Å². The minimum Gasteiger partial charge on any atom is -0.444 e. The van der Waals surface area contributed by atoms with Crippen LogP contribution in [0.3, 0.4) is 0 Å². The summed E-state index contributed by atoms with van der Waals surface area (Å²) < 4.78 is 5.56. The molecule has 2 rings (SSSR count). The summed E-state index contributed by atoms with van der Waals surface area (Å²) in [5, 5.41) is 3.48. The van der Waals surface area contributed by atoms with Gasteiger partial charge in [-0.05, 0) is 31.4 Å². The van der Waals surface area contributed by atoms with Crippen LogP contribution in [0.4, 0.5) is 10.5 Å². The third kappa shape index (κ3) is 4.60. The van der Waals surface area contributed by atoms with Gasteiger partial charge in [-0.2, -0.15) is 0 Å². The largest absolute Gasteiger partial charge is 0.444 e. The predicted octanol–water partition coefficient (Wildman–Crippen LogP) is 3.53. The normalized spacial score (nSPS) is 21.5. The number of amides is 1. The van der Waals surface area contributed by atoms with Crippen molar-refractivity contribution in [2.45, 2.75) is 37.8 Å². The molecule has 1 fully saturated rings. The topological polar surface area (TPSA) is 41.6 Å². The van der Waals surface area contributed by atoms with Gasteiger partial charge in [-0.25, -0.2) is 4.79 Å². The van der Waals surface area contributed by atoms with Gasteiger partial charge in [0.2, 0.25) is 0 Å². The van der Waals surface area contributed by atoms with E-state index in [0.717, 1.165) is 24.9 Å². The summed E-state index contributed by atoms with van der Waals surface area (Å²) >= 11 is 0. The lowest BCUT2D eigenvalue weighted by Gasteiger charge is -2.33. The van der Waals surface area contributed by atoms with Crippen LogP contribution in [0, 0.1) is 0 Å². The van der Waals surface area contributed by atoms with Gasteiger partial charge in [0, 0.05) is 19.8 Å². The molecule has 112 valence electrons. The summed E-state index contributed by atoms with van der Waals surface area (Å²) in [6, 6.07) is 10.3. The van der Waals surface area contributed by atoms with Crippen LogP contribution in [0.1, 0.15) is 25.7 Å². The first-order valence-electron chi connectivity index (χ1n) is 6.86. The van der Waals surface area contributed by atoms with Gasteiger partial charge < -0.3 is 15.0 Å². The number of anilines is 1. The van der Waals surface area contributed by atoms with Gasteiger partial charge >= 0.3 is 6.09 Å². The molecule has 20 heavy (non-hydrogen) atoms. The Morgan fingerprint density at radius 1 is 1.20 bits per heavy atom. The summed E-state index contributed by atoms with van der Waals surface area (Å²) in [4.78, 5) is 13.2. The Bertz CT molecular complexity index is 412. The van der Waals surface area contributed by atoms with Gasteiger partial charge in [0.25, 0.3) is 0 Å². The fraction of sp³-hybridized carbons (Fsp3) is 0.533. The molecular formula is C15H23ClN2O2. The summed E-state index contributed by atoms with van der Waals surface area (Å²) in [6.45, 7) is 0. The first-order chi connectivity index (χ1) is 9.16. The summed E-state index contributed by atoms with van der Waals surface area (Å²) in [5.41, 5.74) is 1.08. The molecule has 1 saturated carbocycles. The number of hydrogen-bond donors (Lipinski definition) is 1. The Morgan fingerprint density at radius 2 is 1.85 bits per heavy atom. The highest BCUT2D eigenvalue weighted by atomic mass is 35.5. The van der Waals surface area contributed by atoms with Crippen LogP contribution in [-0.2, 0) is 4.74 Å². The van der Waals surface area contributed by atoms with E-state index in [4.69, 9.17) is 4.74 Å².